The second-order valence-electron chi connectivity index (χ2n) is 11.1. The molecule has 17 heteroatoms. The van der Waals surface area contributed by atoms with Crippen LogP contribution in [0.2, 0.25) is 0 Å². The number of β-lactam (4-membered cyclic amide) rings is 1. The third-order valence-electron chi connectivity index (χ3n) is 8.05. The quantitative estimate of drug-likeness (QED) is 0.0567. The van der Waals surface area contributed by atoms with E-state index in [4.69, 9.17) is 0 Å². The Hall–Kier alpha value is -3.57. The molecule has 5 heterocycles. The molecule has 0 radical (unpaired) electrons. The maximum atomic E-state index is 13.3. The zero-order valence-corrected chi connectivity index (χ0v) is 25.4. The number of allylic oxidation sites excluding steroid dienone is 1. The number of aliphatic carboxylic acids is 1. The molecule has 3 amide bonds. The van der Waals surface area contributed by atoms with E-state index in [0.29, 0.717) is 46.1 Å². The Morgan fingerprint density at radius 2 is 1.93 bits per heavy atom. The first-order valence-electron chi connectivity index (χ1n) is 14.2. The first kappa shape index (κ1) is 32.4. The van der Waals surface area contributed by atoms with Gasteiger partial charge in [-0.1, -0.05) is 11.8 Å². The molecule has 3 fully saturated rings. The number of phenols is 2. The predicted molar refractivity (Wildman–Crippen MR) is 169 cm³/mol. The summed E-state index contributed by atoms with van der Waals surface area (Å²) in [4.78, 5) is 61.4. The van der Waals surface area contributed by atoms with Gasteiger partial charge in [0.2, 0.25) is 11.8 Å². The van der Waals surface area contributed by atoms with Crippen molar-refractivity contribution in [3.8, 4) is 22.9 Å². The molecule has 1 aromatic carbocycles. The van der Waals surface area contributed by atoms with Gasteiger partial charge in [0.05, 0.1) is 5.75 Å². The summed E-state index contributed by atoms with van der Waals surface area (Å²) in [5.41, 5.74) is 2.91. The van der Waals surface area contributed by atoms with Crippen molar-refractivity contribution in [2.75, 3.05) is 18.1 Å². The molecule has 2 saturated heterocycles. The number of aromatic hydroxyl groups is 2. The second kappa shape index (κ2) is 12.6. The zero-order valence-electron chi connectivity index (χ0n) is 23.8. The number of nitrogens with zero attached hydrogens (tertiary/aromatic N) is 5. The van der Waals surface area contributed by atoms with Crippen molar-refractivity contribution in [2.24, 2.45) is 5.92 Å². The number of benzene rings is 1. The Bertz CT molecular complexity index is 1890. The molecule has 2 atom stereocenters. The zero-order chi connectivity index (χ0) is 31.6. The van der Waals surface area contributed by atoms with E-state index >= 15 is 0 Å². The summed E-state index contributed by atoms with van der Waals surface area (Å²) < 4.78 is 1.47. The first-order valence-corrected chi connectivity index (χ1v) is 16.3. The molecular formula is C29H28N7NaO7S2. The fourth-order valence-electron chi connectivity index (χ4n) is 5.85. The minimum atomic E-state index is -1.23. The van der Waals surface area contributed by atoms with Crippen molar-refractivity contribution >= 4 is 82.5 Å². The molecule has 0 bridgehead atoms. The summed E-state index contributed by atoms with van der Waals surface area (Å²) in [6, 6.07) is 5.08. The fourth-order valence-corrected chi connectivity index (χ4v) is 8.07. The number of rotatable bonds is 8. The Labute approximate surface area is 292 Å². The Balaban J connectivity index is 0.00000372. The van der Waals surface area contributed by atoms with Crippen molar-refractivity contribution in [1.82, 2.24) is 35.1 Å². The monoisotopic (exact) mass is 673 g/mol. The van der Waals surface area contributed by atoms with Gasteiger partial charge in [-0.25, -0.2) is 9.78 Å². The van der Waals surface area contributed by atoms with Crippen molar-refractivity contribution in [3.63, 3.8) is 0 Å². The van der Waals surface area contributed by atoms with E-state index in [1.165, 1.54) is 45.1 Å². The van der Waals surface area contributed by atoms with Gasteiger partial charge in [0, 0.05) is 29.1 Å². The first-order chi connectivity index (χ1) is 21.6. The number of hydrogen-bond acceptors (Lipinski definition) is 11. The van der Waals surface area contributed by atoms with Gasteiger partial charge in [-0.15, -0.1) is 16.9 Å². The Morgan fingerprint density at radius 1 is 1.15 bits per heavy atom. The number of amides is 3. The van der Waals surface area contributed by atoms with Gasteiger partial charge < -0.3 is 26.0 Å². The van der Waals surface area contributed by atoms with Crippen LogP contribution in [0.25, 0.3) is 17.2 Å². The van der Waals surface area contributed by atoms with Crippen LogP contribution in [-0.2, 0) is 19.2 Å². The number of aromatic nitrogens is 4. The van der Waals surface area contributed by atoms with Crippen molar-refractivity contribution in [2.45, 2.75) is 42.6 Å². The van der Waals surface area contributed by atoms with E-state index in [-0.39, 0.29) is 75.9 Å². The van der Waals surface area contributed by atoms with Crippen LogP contribution in [-0.4, -0.2) is 123 Å². The number of nitrogens with one attached hydrogen (secondary N) is 2. The number of carbonyl (C=O) groups is 4. The van der Waals surface area contributed by atoms with Crippen LogP contribution >= 0.6 is 23.5 Å². The minimum absolute atomic E-state index is 0. The summed E-state index contributed by atoms with van der Waals surface area (Å²) in [7, 11) is 0. The summed E-state index contributed by atoms with van der Waals surface area (Å²) in [6.07, 6.45) is 2.28. The summed E-state index contributed by atoms with van der Waals surface area (Å²) in [6.45, 7) is 2.29. The van der Waals surface area contributed by atoms with Crippen LogP contribution in [0.15, 0.2) is 51.7 Å². The van der Waals surface area contributed by atoms with Gasteiger partial charge in [-0.05, 0) is 67.5 Å². The molecule has 3 aliphatic heterocycles. The molecule has 5 N–H and O–H groups in total. The topological polar surface area (TPSA) is 199 Å². The molecule has 2 aromatic heterocycles. The van der Waals surface area contributed by atoms with E-state index in [0.717, 1.165) is 18.4 Å². The molecule has 0 spiro atoms. The van der Waals surface area contributed by atoms with Gasteiger partial charge in [0.1, 0.15) is 22.1 Å². The van der Waals surface area contributed by atoms with Gasteiger partial charge in [0.15, 0.2) is 17.3 Å². The Kier molecular flexibility index (Phi) is 8.84. The molecule has 1 saturated carbocycles. The summed E-state index contributed by atoms with van der Waals surface area (Å²) in [5.74, 6) is -1.99. The van der Waals surface area contributed by atoms with Crippen LogP contribution in [0.1, 0.15) is 25.0 Å². The van der Waals surface area contributed by atoms with E-state index in [1.807, 2.05) is 0 Å². The number of carboxylic acids is 1. The van der Waals surface area contributed by atoms with Gasteiger partial charge >= 0.3 is 35.5 Å². The number of thioether (sulfide) groups is 2. The van der Waals surface area contributed by atoms with Crippen molar-refractivity contribution in [3.05, 3.63) is 52.4 Å². The van der Waals surface area contributed by atoms with E-state index in [1.54, 1.807) is 19.1 Å². The molecule has 46 heavy (non-hydrogen) atoms. The Morgan fingerprint density at radius 3 is 2.61 bits per heavy atom. The van der Waals surface area contributed by atoms with Crippen LogP contribution in [0, 0.1) is 12.8 Å². The average Bonchev–Trinajstić information content (AvgIpc) is 3.61. The molecule has 1 aliphatic carbocycles. The van der Waals surface area contributed by atoms with Crippen molar-refractivity contribution < 1.29 is 34.5 Å². The SMILES string of the molecule is Cc1cc(SCC(=O)N[C@@H]2C(=O)N3C(C(=O)O)=C(C(=C4CCNC4=O)C4CC4)CS[C@H]23)n2nc(-c3ccc(O)c(O)c3)nc2n1.[NaH]. The van der Waals surface area contributed by atoms with Crippen LogP contribution < -0.4 is 10.6 Å². The molecule has 4 aliphatic rings. The van der Waals surface area contributed by atoms with Crippen LogP contribution in [0.5, 0.6) is 11.5 Å². The third-order valence-corrected chi connectivity index (χ3v) is 10.3. The average molecular weight is 674 g/mol. The number of hydrogen-bond donors (Lipinski definition) is 5. The van der Waals surface area contributed by atoms with E-state index in [9.17, 15) is 34.5 Å². The standard InChI is InChI=1S/C29H27N7O7S2.Na.H/c1-12-8-20(36-29(31-12)33-24(34-36)14-4-5-17(37)18(38)9-14)44-11-19(39)32-22-26(41)35-23(28(42)43)16(10-45-27(22)35)21(13-2-3-13)15-6-7-30-25(15)40;;/h4-5,8-9,13,22,27,37-38H,2-3,6-7,10-11H2,1H3,(H,30,40)(H,32,39)(H,42,43);;/t22-,27-;;/m1../s1. The predicted octanol–water partition coefficient (Wildman–Crippen LogP) is 0.920. The van der Waals surface area contributed by atoms with E-state index < -0.39 is 29.2 Å². The fraction of sp³-hybridized carbons (Fsp3) is 0.345. The molecular weight excluding hydrogens is 645 g/mol. The number of phenolic OH excluding ortho intramolecular Hbond substituents is 2. The molecule has 3 aromatic rings. The van der Waals surface area contributed by atoms with Gasteiger partial charge in [0.25, 0.3) is 11.7 Å². The summed E-state index contributed by atoms with van der Waals surface area (Å²) in [5, 5.41) is 39.7. The molecule has 0 unspecified atom stereocenters. The third kappa shape index (κ3) is 5.76. The van der Waals surface area contributed by atoms with Crippen LogP contribution in [0.3, 0.4) is 0 Å². The maximum absolute atomic E-state index is 13.3. The van der Waals surface area contributed by atoms with E-state index in [2.05, 4.69) is 25.7 Å². The number of aryl methyl sites for hydroxylation is 1. The summed E-state index contributed by atoms with van der Waals surface area (Å²) >= 11 is 2.55. The molecule has 7 rings (SSSR count). The number of carboxylic acid groups (broad SMARTS) is 1. The number of fused-ring (bicyclic) bond motifs is 2. The van der Waals surface area contributed by atoms with Crippen LogP contribution in [0.4, 0.5) is 0 Å². The normalized spacial score (nSPS) is 21.8. The van der Waals surface area contributed by atoms with Gasteiger partial charge in [-0.2, -0.15) is 9.50 Å². The number of carbonyl (C=O) groups excluding carboxylic acids is 3. The van der Waals surface area contributed by atoms with Crippen molar-refractivity contribution in [1.29, 1.82) is 0 Å². The molecule has 14 nitrogen and oxygen atoms in total. The molecule has 234 valence electrons. The van der Waals surface area contributed by atoms with Gasteiger partial charge in [-0.3, -0.25) is 19.3 Å². The second-order valence-corrected chi connectivity index (χ2v) is 13.2.